The molecule has 6 heteroatoms. The molecule has 1 amide bonds. The highest BCUT2D eigenvalue weighted by Crippen LogP contribution is 2.28. The van der Waals surface area contributed by atoms with Gasteiger partial charge in [0, 0.05) is 11.8 Å². The SMILES string of the molecule is CC(NC(=O)OC(C)(C)C)c1cncn1CC1CCCS1. The average Bonchev–Trinajstić information content (AvgIpc) is 2.97. The smallest absolute Gasteiger partial charge is 0.408 e. The van der Waals surface area contributed by atoms with E-state index in [-0.39, 0.29) is 6.04 Å². The van der Waals surface area contributed by atoms with Gasteiger partial charge in [0.1, 0.15) is 5.60 Å². The maximum absolute atomic E-state index is 11.9. The molecule has 0 radical (unpaired) electrons. The van der Waals surface area contributed by atoms with Crippen LogP contribution in [0.5, 0.6) is 0 Å². The fourth-order valence-corrected chi connectivity index (χ4v) is 3.68. The van der Waals surface area contributed by atoms with E-state index >= 15 is 0 Å². The van der Waals surface area contributed by atoms with Crippen molar-refractivity contribution < 1.29 is 9.53 Å². The average molecular weight is 311 g/mol. The number of hydrogen-bond acceptors (Lipinski definition) is 4. The van der Waals surface area contributed by atoms with Crippen LogP contribution in [0.3, 0.4) is 0 Å². The summed E-state index contributed by atoms with van der Waals surface area (Å²) in [6.07, 6.45) is 5.84. The van der Waals surface area contributed by atoms with E-state index in [9.17, 15) is 4.79 Å². The Balaban J connectivity index is 1.94. The lowest BCUT2D eigenvalue weighted by atomic mass is 10.2. The Morgan fingerprint density at radius 1 is 1.62 bits per heavy atom. The molecule has 1 aliphatic rings. The van der Waals surface area contributed by atoms with Gasteiger partial charge < -0.3 is 14.6 Å². The molecule has 118 valence electrons. The van der Waals surface area contributed by atoms with Crippen molar-refractivity contribution in [1.82, 2.24) is 14.9 Å². The zero-order chi connectivity index (χ0) is 15.5. The van der Waals surface area contributed by atoms with Crippen molar-refractivity contribution in [3.05, 3.63) is 18.2 Å². The predicted molar refractivity (Wildman–Crippen MR) is 85.5 cm³/mol. The van der Waals surface area contributed by atoms with Crippen molar-refractivity contribution in [1.29, 1.82) is 0 Å². The molecule has 1 saturated heterocycles. The number of carbonyl (C=O) groups is 1. The molecular formula is C15H25N3O2S. The summed E-state index contributed by atoms with van der Waals surface area (Å²) in [6.45, 7) is 8.50. The van der Waals surface area contributed by atoms with E-state index in [0.29, 0.717) is 5.25 Å². The van der Waals surface area contributed by atoms with Crippen molar-refractivity contribution in [2.24, 2.45) is 0 Å². The van der Waals surface area contributed by atoms with Crippen LogP contribution in [0.15, 0.2) is 12.5 Å². The fraction of sp³-hybridized carbons (Fsp3) is 0.733. The molecule has 2 atom stereocenters. The number of nitrogens with one attached hydrogen (secondary N) is 1. The first-order chi connectivity index (χ1) is 9.85. The van der Waals surface area contributed by atoms with Crippen LogP contribution in [-0.4, -0.2) is 32.2 Å². The maximum Gasteiger partial charge on any atom is 0.408 e. The molecule has 1 aliphatic heterocycles. The lowest BCUT2D eigenvalue weighted by Crippen LogP contribution is -2.34. The van der Waals surface area contributed by atoms with Gasteiger partial charge in [0.05, 0.1) is 24.3 Å². The molecule has 1 aromatic rings. The first kappa shape index (κ1) is 16.2. The Morgan fingerprint density at radius 2 is 2.38 bits per heavy atom. The molecule has 2 heterocycles. The summed E-state index contributed by atoms with van der Waals surface area (Å²) in [5.41, 5.74) is 0.540. The second kappa shape index (κ2) is 6.73. The van der Waals surface area contributed by atoms with Crippen LogP contribution >= 0.6 is 11.8 Å². The van der Waals surface area contributed by atoms with E-state index in [1.165, 1.54) is 18.6 Å². The van der Waals surface area contributed by atoms with Gasteiger partial charge in [-0.25, -0.2) is 9.78 Å². The van der Waals surface area contributed by atoms with Gasteiger partial charge in [-0.3, -0.25) is 0 Å². The Bertz CT molecular complexity index is 476. The van der Waals surface area contributed by atoms with Crippen LogP contribution in [0, 0.1) is 0 Å². The Labute approximate surface area is 130 Å². The second-order valence-corrected chi connectivity index (χ2v) is 7.88. The van der Waals surface area contributed by atoms with Gasteiger partial charge in [0.2, 0.25) is 0 Å². The molecular weight excluding hydrogens is 286 g/mol. The largest absolute Gasteiger partial charge is 0.444 e. The van der Waals surface area contributed by atoms with Crippen LogP contribution in [0.4, 0.5) is 4.79 Å². The normalized spacial score (nSPS) is 20.3. The molecule has 1 N–H and O–H groups in total. The summed E-state index contributed by atoms with van der Waals surface area (Å²) in [5, 5.41) is 3.53. The summed E-state index contributed by atoms with van der Waals surface area (Å²) in [5.74, 6) is 1.25. The van der Waals surface area contributed by atoms with Gasteiger partial charge in [-0.1, -0.05) is 0 Å². The van der Waals surface area contributed by atoms with Gasteiger partial charge >= 0.3 is 6.09 Å². The molecule has 0 aromatic carbocycles. The van der Waals surface area contributed by atoms with E-state index < -0.39 is 11.7 Å². The van der Waals surface area contributed by atoms with Crippen molar-refractivity contribution in [2.45, 2.75) is 64.0 Å². The molecule has 0 bridgehead atoms. The zero-order valence-corrected chi connectivity index (χ0v) is 14.1. The third-order valence-electron chi connectivity index (χ3n) is 3.35. The minimum absolute atomic E-state index is 0.117. The second-order valence-electron chi connectivity index (χ2n) is 6.47. The fourth-order valence-electron chi connectivity index (χ4n) is 2.41. The Morgan fingerprint density at radius 3 is 3.00 bits per heavy atom. The molecule has 0 spiro atoms. The molecule has 1 fully saturated rings. The quantitative estimate of drug-likeness (QED) is 0.926. The summed E-state index contributed by atoms with van der Waals surface area (Å²) in [7, 11) is 0. The molecule has 2 unspecified atom stereocenters. The highest BCUT2D eigenvalue weighted by molar-refractivity contribution is 8.00. The van der Waals surface area contributed by atoms with Crippen molar-refractivity contribution >= 4 is 17.9 Å². The highest BCUT2D eigenvalue weighted by Gasteiger charge is 2.22. The Kier molecular flexibility index (Phi) is 5.19. The lowest BCUT2D eigenvalue weighted by Gasteiger charge is -2.23. The minimum Gasteiger partial charge on any atom is -0.444 e. The van der Waals surface area contributed by atoms with Gasteiger partial charge in [-0.05, 0) is 46.3 Å². The number of carbonyl (C=O) groups excluding carboxylic acids is 1. The molecule has 5 nitrogen and oxygen atoms in total. The van der Waals surface area contributed by atoms with Crippen molar-refractivity contribution in [3.8, 4) is 0 Å². The number of nitrogens with zero attached hydrogens (tertiary/aromatic N) is 2. The van der Waals surface area contributed by atoms with Crippen molar-refractivity contribution in [3.63, 3.8) is 0 Å². The number of thioether (sulfide) groups is 1. The standard InChI is InChI=1S/C15H25N3O2S/c1-11(17-14(19)20-15(2,3)4)13-8-16-10-18(13)9-12-6-5-7-21-12/h8,10-12H,5-7,9H2,1-4H3,(H,17,19). The molecule has 1 aromatic heterocycles. The molecule has 21 heavy (non-hydrogen) atoms. The molecule has 0 aliphatic carbocycles. The third kappa shape index (κ3) is 4.95. The molecule has 0 saturated carbocycles. The van der Waals surface area contributed by atoms with E-state index in [0.717, 1.165) is 12.2 Å². The minimum atomic E-state index is -0.482. The van der Waals surface area contributed by atoms with Crippen LogP contribution in [0.2, 0.25) is 0 Å². The highest BCUT2D eigenvalue weighted by atomic mass is 32.2. The predicted octanol–water partition coefficient (Wildman–Crippen LogP) is 3.36. The number of imidazole rings is 1. The first-order valence-corrected chi connectivity index (χ1v) is 8.51. The zero-order valence-electron chi connectivity index (χ0n) is 13.3. The lowest BCUT2D eigenvalue weighted by molar-refractivity contribution is 0.0506. The summed E-state index contributed by atoms with van der Waals surface area (Å²) < 4.78 is 7.44. The summed E-state index contributed by atoms with van der Waals surface area (Å²) in [4.78, 5) is 16.1. The first-order valence-electron chi connectivity index (χ1n) is 7.46. The number of aromatic nitrogens is 2. The van der Waals surface area contributed by atoms with Gasteiger partial charge in [-0.2, -0.15) is 11.8 Å². The van der Waals surface area contributed by atoms with Crippen LogP contribution < -0.4 is 5.32 Å². The van der Waals surface area contributed by atoms with E-state index in [4.69, 9.17) is 4.74 Å². The number of rotatable bonds is 4. The van der Waals surface area contributed by atoms with Gasteiger partial charge in [0.25, 0.3) is 0 Å². The van der Waals surface area contributed by atoms with Crippen LogP contribution in [0.1, 0.15) is 52.3 Å². The number of hydrogen-bond donors (Lipinski definition) is 1. The number of alkyl carbamates (subject to hydrolysis) is 1. The van der Waals surface area contributed by atoms with Gasteiger partial charge in [0.15, 0.2) is 0 Å². The topological polar surface area (TPSA) is 56.1 Å². The van der Waals surface area contributed by atoms with Crippen molar-refractivity contribution in [2.75, 3.05) is 5.75 Å². The van der Waals surface area contributed by atoms with Gasteiger partial charge in [-0.15, -0.1) is 0 Å². The van der Waals surface area contributed by atoms with E-state index in [2.05, 4.69) is 14.9 Å². The van der Waals surface area contributed by atoms with E-state index in [1.54, 1.807) is 0 Å². The monoisotopic (exact) mass is 311 g/mol. The van der Waals surface area contributed by atoms with Crippen LogP contribution in [-0.2, 0) is 11.3 Å². The maximum atomic E-state index is 11.9. The number of ether oxygens (including phenoxy) is 1. The van der Waals surface area contributed by atoms with E-state index in [1.807, 2.05) is 52.0 Å². The summed E-state index contributed by atoms with van der Waals surface area (Å²) >= 11 is 2.02. The molecule has 2 rings (SSSR count). The third-order valence-corrected chi connectivity index (χ3v) is 4.73. The summed E-state index contributed by atoms with van der Waals surface area (Å²) in [6, 6.07) is -0.117. The Hall–Kier alpha value is -1.17. The van der Waals surface area contributed by atoms with Crippen LogP contribution in [0.25, 0.3) is 0 Å². The number of amides is 1.